The quantitative estimate of drug-likeness (QED) is 0.306. The fraction of sp³-hybridized carbons (Fsp3) is 0.667. The van der Waals surface area contributed by atoms with Crippen molar-refractivity contribution >= 4 is 15.2 Å². The van der Waals surface area contributed by atoms with Crippen LogP contribution in [0.5, 0.6) is 0 Å². The number of methoxy groups -OCH3 is 1. The summed E-state index contributed by atoms with van der Waals surface area (Å²) < 4.78 is 16.0. The van der Waals surface area contributed by atoms with E-state index in [1.54, 1.807) is 0 Å². The molecule has 0 aliphatic heterocycles. The Labute approximate surface area is 48.6 Å². The Morgan fingerprint density at radius 3 is 2.38 bits per heavy atom. The first kappa shape index (κ1) is 7.79. The fourth-order valence-electron chi connectivity index (χ4n) is 0.156. The third-order valence-electron chi connectivity index (χ3n) is 0.498. The molecular formula is C3H7FNO2P. The van der Waals surface area contributed by atoms with Crippen LogP contribution in [0.2, 0.25) is 0 Å². The topological polar surface area (TPSA) is 52.3 Å². The van der Waals surface area contributed by atoms with Gasteiger partial charge < -0.3 is 4.74 Å². The Kier molecular flexibility index (Phi) is 2.31. The van der Waals surface area contributed by atoms with E-state index in [1.165, 1.54) is 9.24 Å². The van der Waals surface area contributed by atoms with Crippen LogP contribution in [0.25, 0.3) is 0 Å². The normalized spacial score (nSPS) is 17.0. The second kappa shape index (κ2) is 2.37. The summed E-state index contributed by atoms with van der Waals surface area (Å²) in [5, 5.41) is 0. The van der Waals surface area contributed by atoms with Crippen molar-refractivity contribution in [2.45, 2.75) is 5.53 Å². The van der Waals surface area contributed by atoms with Gasteiger partial charge in [0.25, 0.3) is 5.53 Å². The summed E-state index contributed by atoms with van der Waals surface area (Å²) in [5.74, 6) is -1.09. The van der Waals surface area contributed by atoms with Gasteiger partial charge in [-0.2, -0.15) is 0 Å². The molecule has 48 valence electrons. The first-order valence-electron chi connectivity index (χ1n) is 1.83. The summed E-state index contributed by atoms with van der Waals surface area (Å²) in [7, 11) is 2.58. The molecule has 0 saturated heterocycles. The van der Waals surface area contributed by atoms with Gasteiger partial charge in [-0.05, 0) is 0 Å². The van der Waals surface area contributed by atoms with Crippen LogP contribution < -0.4 is 5.73 Å². The van der Waals surface area contributed by atoms with Crippen LogP contribution in [-0.2, 0) is 9.53 Å². The molecule has 0 radical (unpaired) electrons. The molecule has 3 nitrogen and oxygen atoms in total. The summed E-state index contributed by atoms with van der Waals surface area (Å²) >= 11 is 0. The predicted molar refractivity (Wildman–Crippen MR) is 29.8 cm³/mol. The molecular weight excluding hydrogens is 132 g/mol. The lowest BCUT2D eigenvalue weighted by molar-refractivity contribution is -0.148. The molecule has 0 aromatic heterocycles. The highest BCUT2D eigenvalue weighted by Gasteiger charge is 2.28. The molecule has 2 atom stereocenters. The van der Waals surface area contributed by atoms with Crippen molar-refractivity contribution < 1.29 is 13.9 Å². The summed E-state index contributed by atoms with van der Waals surface area (Å²) in [6.07, 6.45) is 0. The molecule has 0 aliphatic carbocycles. The Morgan fingerprint density at radius 2 is 2.38 bits per heavy atom. The van der Waals surface area contributed by atoms with Gasteiger partial charge in [0, 0.05) is 0 Å². The number of halogens is 1. The number of ether oxygens (including phenoxy) is 1. The van der Waals surface area contributed by atoms with E-state index in [9.17, 15) is 9.18 Å². The van der Waals surface area contributed by atoms with Crippen molar-refractivity contribution in [2.75, 3.05) is 7.11 Å². The van der Waals surface area contributed by atoms with E-state index in [4.69, 9.17) is 0 Å². The van der Waals surface area contributed by atoms with Crippen molar-refractivity contribution in [3.05, 3.63) is 0 Å². The highest BCUT2D eigenvalue weighted by atomic mass is 31.0. The van der Waals surface area contributed by atoms with E-state index in [2.05, 4.69) is 10.5 Å². The number of carbonyl (C=O) groups excluding carboxylic acids is 1. The molecule has 0 heterocycles. The van der Waals surface area contributed by atoms with Crippen molar-refractivity contribution in [1.82, 2.24) is 0 Å². The van der Waals surface area contributed by atoms with Crippen LogP contribution in [0.3, 0.4) is 0 Å². The molecule has 0 aromatic carbocycles. The molecule has 0 aromatic rings. The lowest BCUT2D eigenvalue weighted by atomic mass is 10.6. The Hall–Kier alpha value is -0.210. The predicted octanol–water partition coefficient (Wildman–Crippen LogP) is -0.383. The van der Waals surface area contributed by atoms with Gasteiger partial charge in [0.05, 0.1) is 7.11 Å². The van der Waals surface area contributed by atoms with Crippen LogP contribution in [0.4, 0.5) is 4.39 Å². The molecule has 0 bridgehead atoms. The Bertz CT molecular complexity index is 99.9. The van der Waals surface area contributed by atoms with Crippen molar-refractivity contribution in [2.24, 2.45) is 5.73 Å². The zero-order valence-electron chi connectivity index (χ0n) is 4.35. The number of alkyl halides is 1. The standard InChI is InChI=1S/C3H7FNO2P/c1-7-2(6)3(4,5)8/h5,8H2,1H3. The first-order valence-corrected chi connectivity index (χ1v) is 2.41. The summed E-state index contributed by atoms with van der Waals surface area (Å²) in [6.45, 7) is 0. The highest BCUT2D eigenvalue weighted by molar-refractivity contribution is 7.20. The third kappa shape index (κ3) is 2.19. The second-order valence-electron chi connectivity index (χ2n) is 1.26. The molecule has 0 saturated carbocycles. The summed E-state index contributed by atoms with van der Waals surface area (Å²) in [5.41, 5.74) is 2.18. The van der Waals surface area contributed by atoms with Gasteiger partial charge in [-0.3, -0.25) is 5.73 Å². The number of nitrogens with two attached hydrogens (primary N) is 1. The smallest absolute Gasteiger partial charge is 0.362 e. The Balaban J connectivity index is 3.82. The average molecular weight is 139 g/mol. The Morgan fingerprint density at radius 1 is 2.00 bits per heavy atom. The molecule has 2 N–H and O–H groups in total. The van der Waals surface area contributed by atoms with Gasteiger partial charge >= 0.3 is 5.97 Å². The van der Waals surface area contributed by atoms with Gasteiger partial charge in [0.2, 0.25) is 0 Å². The minimum Gasteiger partial charge on any atom is -0.465 e. The van der Waals surface area contributed by atoms with Crippen LogP contribution in [0, 0.1) is 0 Å². The number of hydrogen-bond donors (Lipinski definition) is 1. The maximum absolute atomic E-state index is 12.0. The largest absolute Gasteiger partial charge is 0.465 e. The van der Waals surface area contributed by atoms with E-state index >= 15 is 0 Å². The SMILES string of the molecule is COC(=O)C(N)(F)P. The van der Waals surface area contributed by atoms with Crippen molar-refractivity contribution in [3.8, 4) is 0 Å². The number of carbonyl (C=O) groups is 1. The molecule has 8 heavy (non-hydrogen) atoms. The summed E-state index contributed by atoms with van der Waals surface area (Å²) in [4.78, 5) is 10.1. The zero-order chi connectivity index (χ0) is 6.78. The van der Waals surface area contributed by atoms with Gasteiger partial charge in [-0.25, -0.2) is 9.18 Å². The first-order chi connectivity index (χ1) is 3.48. The van der Waals surface area contributed by atoms with Crippen LogP contribution in [0.1, 0.15) is 0 Å². The van der Waals surface area contributed by atoms with Gasteiger partial charge in [-0.15, -0.1) is 0 Å². The summed E-state index contributed by atoms with van der Waals surface area (Å²) in [6, 6.07) is 0. The average Bonchev–Trinajstić information content (AvgIpc) is 1.62. The van der Waals surface area contributed by atoms with Crippen LogP contribution in [0.15, 0.2) is 0 Å². The van der Waals surface area contributed by atoms with Crippen LogP contribution in [-0.4, -0.2) is 18.6 Å². The van der Waals surface area contributed by atoms with Gasteiger partial charge in [-0.1, -0.05) is 9.24 Å². The lowest BCUT2D eigenvalue weighted by Gasteiger charge is -2.08. The van der Waals surface area contributed by atoms with E-state index in [-0.39, 0.29) is 0 Å². The molecule has 0 fully saturated rings. The maximum Gasteiger partial charge on any atom is 0.362 e. The van der Waals surface area contributed by atoms with Crippen molar-refractivity contribution in [1.29, 1.82) is 0 Å². The molecule has 0 aliphatic rings. The molecule has 0 amide bonds. The molecule has 0 rings (SSSR count). The number of hydrogen-bond acceptors (Lipinski definition) is 3. The van der Waals surface area contributed by atoms with Gasteiger partial charge in [0.15, 0.2) is 0 Å². The third-order valence-corrected chi connectivity index (χ3v) is 0.734. The minimum atomic E-state index is -2.44. The van der Waals surface area contributed by atoms with E-state index in [0.29, 0.717) is 0 Å². The maximum atomic E-state index is 12.0. The number of rotatable bonds is 1. The second-order valence-corrected chi connectivity index (χ2v) is 2.10. The molecule has 5 heteroatoms. The zero-order valence-corrected chi connectivity index (χ0v) is 5.50. The molecule has 0 spiro atoms. The van der Waals surface area contributed by atoms with E-state index in [1.807, 2.05) is 0 Å². The molecule has 2 unspecified atom stereocenters. The number of esters is 1. The highest BCUT2D eigenvalue weighted by Crippen LogP contribution is 2.12. The van der Waals surface area contributed by atoms with Crippen LogP contribution >= 0.6 is 9.24 Å². The van der Waals surface area contributed by atoms with E-state index < -0.39 is 11.5 Å². The monoisotopic (exact) mass is 139 g/mol. The fourth-order valence-corrected chi connectivity index (χ4v) is 0.274. The van der Waals surface area contributed by atoms with Gasteiger partial charge in [0.1, 0.15) is 0 Å². The lowest BCUT2D eigenvalue weighted by Crippen LogP contribution is -2.37. The van der Waals surface area contributed by atoms with E-state index in [0.717, 1.165) is 7.11 Å². The minimum absolute atomic E-state index is 1.06. The van der Waals surface area contributed by atoms with Crippen molar-refractivity contribution in [3.63, 3.8) is 0 Å².